The number of rotatable bonds is 5. The average Bonchev–Trinajstić information content (AvgIpc) is 3.16. The van der Waals surface area contributed by atoms with E-state index >= 15 is 0 Å². The summed E-state index contributed by atoms with van der Waals surface area (Å²) in [7, 11) is 0. The van der Waals surface area contributed by atoms with Crippen LogP contribution < -0.4 is 10.6 Å². The van der Waals surface area contributed by atoms with Crippen molar-refractivity contribution in [2.75, 3.05) is 6.54 Å². The highest BCUT2D eigenvalue weighted by molar-refractivity contribution is 9.10. The van der Waals surface area contributed by atoms with Gasteiger partial charge in [0.05, 0.1) is 5.56 Å². The lowest BCUT2D eigenvalue weighted by atomic mass is 10.1. The van der Waals surface area contributed by atoms with Gasteiger partial charge < -0.3 is 10.6 Å². The molecular weight excluding hydrogens is 308 g/mol. The van der Waals surface area contributed by atoms with Crippen LogP contribution in [0, 0.1) is 6.92 Å². The topological polar surface area (TPSA) is 58.2 Å². The number of hydrogen-bond donors (Lipinski definition) is 2. The molecule has 0 aliphatic heterocycles. The van der Waals surface area contributed by atoms with Crippen molar-refractivity contribution < 1.29 is 9.59 Å². The van der Waals surface area contributed by atoms with Gasteiger partial charge in [0.15, 0.2) is 0 Å². The number of carbonyl (C=O) groups excluding carboxylic acids is 2. The third kappa shape index (κ3) is 4.06. The molecule has 0 heterocycles. The molecule has 1 aliphatic rings. The van der Waals surface area contributed by atoms with Gasteiger partial charge in [0.25, 0.3) is 5.91 Å². The Hall–Kier alpha value is -1.36. The fourth-order valence-electron chi connectivity index (χ4n) is 1.74. The predicted octanol–water partition coefficient (Wildman–Crippen LogP) is 2.16. The first-order valence-corrected chi connectivity index (χ1v) is 7.20. The number of hydrogen-bond acceptors (Lipinski definition) is 2. The van der Waals surface area contributed by atoms with E-state index in [0.29, 0.717) is 24.6 Å². The summed E-state index contributed by atoms with van der Waals surface area (Å²) in [5.41, 5.74) is 1.61. The minimum absolute atomic E-state index is 0.00566. The fraction of sp³-hybridized carbons (Fsp3) is 0.429. The van der Waals surface area contributed by atoms with Gasteiger partial charge in [0, 0.05) is 23.5 Å². The van der Waals surface area contributed by atoms with Gasteiger partial charge in [-0.05, 0) is 47.3 Å². The molecule has 0 unspecified atom stereocenters. The summed E-state index contributed by atoms with van der Waals surface area (Å²) >= 11 is 3.40. The van der Waals surface area contributed by atoms with Crippen LogP contribution in [0.25, 0.3) is 0 Å². The van der Waals surface area contributed by atoms with Crippen LogP contribution in [-0.4, -0.2) is 24.4 Å². The van der Waals surface area contributed by atoms with Crippen LogP contribution in [-0.2, 0) is 4.79 Å². The Bertz CT molecular complexity index is 498. The Labute approximate surface area is 121 Å². The number of aryl methyl sites for hydroxylation is 1. The number of benzene rings is 1. The first-order valence-electron chi connectivity index (χ1n) is 6.40. The lowest BCUT2D eigenvalue weighted by Gasteiger charge is -2.08. The molecule has 102 valence electrons. The van der Waals surface area contributed by atoms with E-state index in [1.54, 1.807) is 6.07 Å². The summed E-state index contributed by atoms with van der Waals surface area (Å²) in [5, 5.41) is 5.65. The van der Waals surface area contributed by atoms with E-state index in [4.69, 9.17) is 0 Å². The molecule has 19 heavy (non-hydrogen) atoms. The largest absolute Gasteiger partial charge is 0.353 e. The number of nitrogens with one attached hydrogen (secondary N) is 2. The average molecular weight is 325 g/mol. The molecular formula is C14H17BrN2O2. The van der Waals surface area contributed by atoms with Crippen molar-refractivity contribution in [2.24, 2.45) is 0 Å². The minimum atomic E-state index is -0.158. The molecule has 0 aromatic heterocycles. The second-order valence-electron chi connectivity index (χ2n) is 4.78. The highest BCUT2D eigenvalue weighted by Gasteiger charge is 2.22. The van der Waals surface area contributed by atoms with Crippen molar-refractivity contribution in [3.8, 4) is 0 Å². The molecule has 4 nitrogen and oxygen atoms in total. The summed E-state index contributed by atoms with van der Waals surface area (Å²) < 4.78 is 0.801. The van der Waals surface area contributed by atoms with Gasteiger partial charge in [-0.3, -0.25) is 9.59 Å². The zero-order valence-electron chi connectivity index (χ0n) is 10.8. The molecule has 2 rings (SSSR count). The molecule has 0 spiro atoms. The fourth-order valence-corrected chi connectivity index (χ4v) is 2.18. The number of carbonyl (C=O) groups is 2. The molecule has 1 aliphatic carbocycles. The summed E-state index contributed by atoms with van der Waals surface area (Å²) in [5.74, 6) is -0.152. The van der Waals surface area contributed by atoms with Gasteiger partial charge in [0.1, 0.15) is 0 Å². The Kier molecular flexibility index (Phi) is 4.58. The quantitative estimate of drug-likeness (QED) is 0.872. The highest BCUT2D eigenvalue weighted by atomic mass is 79.9. The van der Waals surface area contributed by atoms with Gasteiger partial charge in [-0.25, -0.2) is 0 Å². The van der Waals surface area contributed by atoms with E-state index in [1.807, 2.05) is 19.1 Å². The maximum atomic E-state index is 12.0. The van der Waals surface area contributed by atoms with Gasteiger partial charge in [-0.2, -0.15) is 0 Å². The second kappa shape index (κ2) is 6.19. The molecule has 0 radical (unpaired) electrons. The zero-order valence-corrected chi connectivity index (χ0v) is 12.4. The molecule has 1 fully saturated rings. The summed E-state index contributed by atoms with van der Waals surface area (Å²) in [6.45, 7) is 2.29. The molecule has 0 saturated heterocycles. The van der Waals surface area contributed by atoms with Crippen molar-refractivity contribution in [2.45, 2.75) is 32.2 Å². The van der Waals surface area contributed by atoms with E-state index < -0.39 is 0 Å². The van der Waals surface area contributed by atoms with Crippen LogP contribution in [0.3, 0.4) is 0 Å². The van der Waals surface area contributed by atoms with Crippen molar-refractivity contribution in [3.63, 3.8) is 0 Å². The molecule has 1 aromatic rings. The van der Waals surface area contributed by atoms with Gasteiger partial charge in [0.2, 0.25) is 5.91 Å². The molecule has 2 N–H and O–H groups in total. The van der Waals surface area contributed by atoms with Crippen molar-refractivity contribution >= 4 is 27.7 Å². The minimum Gasteiger partial charge on any atom is -0.353 e. The number of halogens is 1. The maximum Gasteiger partial charge on any atom is 0.252 e. The van der Waals surface area contributed by atoms with Crippen molar-refractivity contribution in [3.05, 3.63) is 33.8 Å². The van der Waals surface area contributed by atoms with Crippen molar-refractivity contribution in [1.82, 2.24) is 10.6 Å². The van der Waals surface area contributed by atoms with E-state index in [-0.39, 0.29) is 11.8 Å². The lowest BCUT2D eigenvalue weighted by Crippen LogP contribution is -2.31. The van der Waals surface area contributed by atoms with E-state index in [9.17, 15) is 9.59 Å². The Morgan fingerprint density at radius 1 is 1.37 bits per heavy atom. The van der Waals surface area contributed by atoms with Crippen LogP contribution in [0.4, 0.5) is 0 Å². The third-order valence-corrected chi connectivity index (χ3v) is 4.07. The standard InChI is InChI=1S/C14H17BrN2O2/c1-9-3-2-4-11(13(9)15)14(19)16-8-7-12(18)17-10-5-6-10/h2-4,10H,5-8H2,1H3,(H,16,19)(H,17,18). The van der Waals surface area contributed by atoms with E-state index in [1.165, 1.54) is 0 Å². The molecule has 1 saturated carbocycles. The Balaban J connectivity index is 1.80. The maximum absolute atomic E-state index is 12.0. The molecule has 5 heteroatoms. The summed E-state index contributed by atoms with van der Waals surface area (Å²) in [6.07, 6.45) is 2.48. The van der Waals surface area contributed by atoms with Crippen LogP contribution in [0.2, 0.25) is 0 Å². The van der Waals surface area contributed by atoms with E-state index in [2.05, 4.69) is 26.6 Å². The Morgan fingerprint density at radius 2 is 2.11 bits per heavy atom. The Morgan fingerprint density at radius 3 is 2.79 bits per heavy atom. The zero-order chi connectivity index (χ0) is 13.8. The molecule has 0 bridgehead atoms. The first-order chi connectivity index (χ1) is 9.08. The molecule has 0 atom stereocenters. The predicted molar refractivity (Wildman–Crippen MR) is 77.0 cm³/mol. The summed E-state index contributed by atoms with van der Waals surface area (Å²) in [4.78, 5) is 23.4. The van der Waals surface area contributed by atoms with Gasteiger partial charge in [-0.15, -0.1) is 0 Å². The molecule has 1 aromatic carbocycles. The normalized spacial score (nSPS) is 14.0. The lowest BCUT2D eigenvalue weighted by molar-refractivity contribution is -0.121. The SMILES string of the molecule is Cc1cccc(C(=O)NCCC(=O)NC2CC2)c1Br. The van der Waals surface area contributed by atoms with Crippen LogP contribution >= 0.6 is 15.9 Å². The third-order valence-electron chi connectivity index (χ3n) is 3.02. The monoisotopic (exact) mass is 324 g/mol. The van der Waals surface area contributed by atoms with Gasteiger partial charge >= 0.3 is 0 Å². The summed E-state index contributed by atoms with van der Waals surface area (Å²) in [6, 6.07) is 5.91. The van der Waals surface area contributed by atoms with Crippen LogP contribution in [0.1, 0.15) is 35.2 Å². The second-order valence-corrected chi connectivity index (χ2v) is 5.58. The molecule has 2 amide bonds. The number of amides is 2. The smallest absolute Gasteiger partial charge is 0.252 e. The van der Waals surface area contributed by atoms with Crippen LogP contribution in [0.5, 0.6) is 0 Å². The van der Waals surface area contributed by atoms with Crippen LogP contribution in [0.15, 0.2) is 22.7 Å². The first kappa shape index (κ1) is 14.1. The highest BCUT2D eigenvalue weighted by Crippen LogP contribution is 2.21. The van der Waals surface area contributed by atoms with E-state index in [0.717, 1.165) is 22.9 Å². The van der Waals surface area contributed by atoms with Gasteiger partial charge in [-0.1, -0.05) is 12.1 Å². The van der Waals surface area contributed by atoms with Crippen molar-refractivity contribution in [1.29, 1.82) is 0 Å².